The third kappa shape index (κ3) is 5.59. The third-order valence-corrected chi connectivity index (χ3v) is 18.5. The summed E-state index contributed by atoms with van der Waals surface area (Å²) in [6.45, 7) is 23.7. The van der Waals surface area contributed by atoms with Crippen LogP contribution in [0, 0.1) is 56.7 Å². The Hall–Kier alpha value is -2.44. The van der Waals surface area contributed by atoms with E-state index in [0.717, 1.165) is 32.6 Å². The molecule has 1 amide bonds. The molecule has 2 heterocycles. The first-order valence-electron chi connectivity index (χ1n) is 21.5. The van der Waals surface area contributed by atoms with E-state index in [1.807, 2.05) is 12.1 Å². The lowest BCUT2D eigenvalue weighted by molar-refractivity contribution is -0.225. The summed E-state index contributed by atoms with van der Waals surface area (Å²) >= 11 is 0. The summed E-state index contributed by atoms with van der Waals surface area (Å²) in [4.78, 5) is 29.6. The lowest BCUT2D eigenvalue weighted by Crippen LogP contribution is -2.65. The maximum Gasteiger partial charge on any atom is 0.335 e. The molecule has 0 aromatic heterocycles. The highest BCUT2D eigenvalue weighted by atomic mass is 16.4. The molecule has 2 N–H and O–H groups in total. The number of likely N-dealkylation sites (N-methyl/N-ethyl adjacent to an activating group) is 1. The SMILES string of the molecule is C=C(C)[C@@H]1CC[C@]2(CNCCC(=O)N3C[C@H]4CC[C@@H](C3)N4C)CC[C@]3(C)[C@H](CC[C@@H]4[C@@]5(C)CC=C(c6ccc(C(=O)O)cc6)C(C)(C)[C@@H]5CC[C@]43C)[C@@H]12. The molecular weight excluding hydrogens is 655 g/mol. The van der Waals surface area contributed by atoms with Crippen molar-refractivity contribution < 1.29 is 14.7 Å². The molecule has 0 unspecified atom stereocenters. The lowest BCUT2D eigenvalue weighted by Gasteiger charge is -2.72. The van der Waals surface area contributed by atoms with Gasteiger partial charge in [0.2, 0.25) is 5.91 Å². The van der Waals surface area contributed by atoms with Crippen LogP contribution in [0.25, 0.3) is 5.57 Å². The van der Waals surface area contributed by atoms with Crippen LogP contribution < -0.4 is 5.32 Å². The second-order valence-corrected chi connectivity index (χ2v) is 20.8. The average molecular weight is 724 g/mol. The van der Waals surface area contributed by atoms with Gasteiger partial charge in [-0.15, -0.1) is 0 Å². The Labute approximate surface area is 320 Å². The van der Waals surface area contributed by atoms with Gasteiger partial charge in [0.15, 0.2) is 0 Å². The molecule has 0 spiro atoms. The lowest BCUT2D eigenvalue weighted by atomic mass is 9.32. The van der Waals surface area contributed by atoms with Gasteiger partial charge in [-0.25, -0.2) is 4.79 Å². The van der Waals surface area contributed by atoms with E-state index in [0.29, 0.717) is 75.8 Å². The van der Waals surface area contributed by atoms with Gasteiger partial charge in [0.25, 0.3) is 0 Å². The fourth-order valence-corrected chi connectivity index (χ4v) is 15.5. The van der Waals surface area contributed by atoms with E-state index >= 15 is 0 Å². The molecule has 8 rings (SSSR count). The van der Waals surface area contributed by atoms with Crippen molar-refractivity contribution in [2.24, 2.45) is 56.7 Å². The summed E-state index contributed by atoms with van der Waals surface area (Å²) in [5, 5.41) is 13.4. The summed E-state index contributed by atoms with van der Waals surface area (Å²) in [7, 11) is 2.24. The topological polar surface area (TPSA) is 72.9 Å². The van der Waals surface area contributed by atoms with Crippen LogP contribution in [0.4, 0.5) is 0 Å². The van der Waals surface area contributed by atoms with Crippen LogP contribution in [0.15, 0.2) is 42.5 Å². The van der Waals surface area contributed by atoms with Gasteiger partial charge in [0, 0.05) is 44.7 Å². The number of carbonyl (C=O) groups excluding carboxylic acids is 1. The second-order valence-electron chi connectivity index (χ2n) is 20.8. The average Bonchev–Trinajstić information content (AvgIpc) is 3.57. The predicted octanol–water partition coefficient (Wildman–Crippen LogP) is 9.32. The highest BCUT2D eigenvalue weighted by Gasteiger charge is 2.70. The van der Waals surface area contributed by atoms with E-state index in [4.69, 9.17) is 0 Å². The van der Waals surface area contributed by atoms with E-state index in [1.165, 1.54) is 80.9 Å². The van der Waals surface area contributed by atoms with Crippen LogP contribution in [-0.4, -0.2) is 72.1 Å². The second kappa shape index (κ2) is 13.1. The van der Waals surface area contributed by atoms with Crippen LogP contribution in [0.2, 0.25) is 0 Å². The van der Waals surface area contributed by atoms with Gasteiger partial charge in [-0.2, -0.15) is 0 Å². The summed E-state index contributed by atoms with van der Waals surface area (Å²) in [6, 6.07) is 8.74. The number of amides is 1. The minimum Gasteiger partial charge on any atom is -0.478 e. The van der Waals surface area contributed by atoms with Crippen LogP contribution in [0.3, 0.4) is 0 Å². The molecule has 290 valence electrons. The fourth-order valence-electron chi connectivity index (χ4n) is 15.5. The van der Waals surface area contributed by atoms with Gasteiger partial charge in [-0.05, 0) is 165 Å². The molecule has 6 nitrogen and oxygen atoms in total. The number of hydrogen-bond acceptors (Lipinski definition) is 4. The number of carbonyl (C=O) groups is 2. The van der Waals surface area contributed by atoms with E-state index in [1.54, 1.807) is 12.1 Å². The Morgan fingerprint density at radius 3 is 2.23 bits per heavy atom. The van der Waals surface area contributed by atoms with Crippen molar-refractivity contribution in [2.45, 2.75) is 131 Å². The third-order valence-electron chi connectivity index (χ3n) is 18.5. The van der Waals surface area contributed by atoms with E-state index < -0.39 is 5.97 Å². The number of likely N-dealkylation sites (tertiary alicyclic amines) is 1. The normalized spacial score (nSPS) is 42.9. The summed E-state index contributed by atoms with van der Waals surface area (Å²) < 4.78 is 0. The highest BCUT2D eigenvalue weighted by Crippen LogP contribution is 2.77. The Kier molecular flexibility index (Phi) is 9.24. The Bertz CT molecular complexity index is 1650. The van der Waals surface area contributed by atoms with E-state index in [9.17, 15) is 14.7 Å². The van der Waals surface area contributed by atoms with Gasteiger partial charge >= 0.3 is 5.97 Å². The molecule has 2 aliphatic heterocycles. The molecule has 1 aromatic carbocycles. The van der Waals surface area contributed by atoms with Crippen molar-refractivity contribution in [3.8, 4) is 0 Å². The molecular formula is C47H69N3O3. The molecule has 6 fully saturated rings. The molecule has 5 aliphatic carbocycles. The van der Waals surface area contributed by atoms with Crippen molar-refractivity contribution in [1.29, 1.82) is 0 Å². The van der Waals surface area contributed by atoms with Crippen molar-refractivity contribution >= 4 is 17.4 Å². The fraction of sp³-hybridized carbons (Fsp3) is 0.745. The number of carboxylic acids is 1. The van der Waals surface area contributed by atoms with E-state index in [-0.39, 0.29) is 10.8 Å². The van der Waals surface area contributed by atoms with Crippen LogP contribution in [-0.2, 0) is 4.79 Å². The van der Waals surface area contributed by atoms with Crippen molar-refractivity contribution in [3.63, 3.8) is 0 Å². The van der Waals surface area contributed by atoms with Crippen molar-refractivity contribution in [2.75, 3.05) is 33.2 Å². The minimum absolute atomic E-state index is 0.0199. The molecule has 1 aromatic rings. The monoisotopic (exact) mass is 724 g/mol. The van der Waals surface area contributed by atoms with Crippen molar-refractivity contribution in [1.82, 2.24) is 15.1 Å². The maximum atomic E-state index is 13.4. The smallest absolute Gasteiger partial charge is 0.335 e. The van der Waals surface area contributed by atoms with Crippen molar-refractivity contribution in [3.05, 3.63) is 53.6 Å². The molecule has 2 saturated heterocycles. The molecule has 7 aliphatic rings. The number of carboxylic acid groups (broad SMARTS) is 1. The summed E-state index contributed by atoms with van der Waals surface area (Å²) in [6.07, 6.45) is 17.1. The zero-order valence-electron chi connectivity index (χ0n) is 34.1. The minimum atomic E-state index is -0.862. The number of benzene rings is 1. The van der Waals surface area contributed by atoms with Crippen LogP contribution in [0.5, 0.6) is 0 Å². The van der Waals surface area contributed by atoms with Crippen LogP contribution in [0.1, 0.15) is 135 Å². The zero-order valence-corrected chi connectivity index (χ0v) is 34.1. The number of aromatic carboxylic acids is 1. The molecule has 2 bridgehead atoms. The molecule has 11 atom stereocenters. The van der Waals surface area contributed by atoms with Crippen LogP contribution >= 0.6 is 0 Å². The molecule has 6 heteroatoms. The maximum absolute atomic E-state index is 13.4. The first kappa shape index (κ1) is 37.5. The Balaban J connectivity index is 1.00. The molecule has 53 heavy (non-hydrogen) atoms. The Morgan fingerprint density at radius 2 is 1.57 bits per heavy atom. The zero-order chi connectivity index (χ0) is 37.7. The first-order valence-corrected chi connectivity index (χ1v) is 21.5. The number of piperazine rings is 1. The quantitative estimate of drug-likeness (QED) is 0.207. The van der Waals surface area contributed by atoms with Gasteiger partial charge in [0.05, 0.1) is 5.56 Å². The number of nitrogens with one attached hydrogen (secondary N) is 1. The standard InChI is InChI=1S/C47H69N3O3/c1-30(2)35-17-23-47(29-48-26-20-40(51)50-27-33-13-14-34(28-50)49(33)8)25-24-45(6)37(41(35)47)15-16-39-44(5)21-18-36(31-9-11-32(12-10-31)42(52)53)43(3,4)38(44)19-22-46(39,45)7/h9-12,18,33-35,37-39,41,48H,1,13-17,19-29H2,2-8H3,(H,52,53)/t33-,34+,35-,37+,38-,39+,41+,44-,45+,46+,47+/m0/s1. The number of fused-ring (bicyclic) bond motifs is 9. The largest absolute Gasteiger partial charge is 0.478 e. The summed E-state index contributed by atoms with van der Waals surface area (Å²) in [5.41, 5.74) is 5.50. The highest BCUT2D eigenvalue weighted by molar-refractivity contribution is 5.88. The van der Waals surface area contributed by atoms with E-state index in [2.05, 4.69) is 76.4 Å². The number of nitrogens with zero attached hydrogens (tertiary/aromatic N) is 2. The van der Waals surface area contributed by atoms with Gasteiger partial charge < -0.3 is 15.3 Å². The van der Waals surface area contributed by atoms with Gasteiger partial charge in [-0.3, -0.25) is 9.69 Å². The number of allylic oxidation sites excluding steroid dienone is 3. The summed E-state index contributed by atoms with van der Waals surface area (Å²) in [5.74, 6) is 2.74. The Morgan fingerprint density at radius 1 is 0.868 bits per heavy atom. The van der Waals surface area contributed by atoms with Gasteiger partial charge in [0.1, 0.15) is 0 Å². The number of hydrogen-bond donors (Lipinski definition) is 2. The molecule has 0 radical (unpaired) electrons. The predicted molar refractivity (Wildman–Crippen MR) is 214 cm³/mol. The molecule has 4 saturated carbocycles. The van der Waals surface area contributed by atoms with Gasteiger partial charge in [-0.1, -0.05) is 65.0 Å². The number of rotatable bonds is 8. The first-order chi connectivity index (χ1) is 25.1.